The Balaban J connectivity index is 1.54. The number of likely N-dealkylation sites (tertiary alicyclic amines) is 1. The molecule has 1 aromatic heterocycles. The SMILES string of the molecule is Cc1ncsc1-c1ccc([C@H](C)NC(=O)[C@@H]2C[C@@H](O)CN2C(=O)C(NC(=O)CCCCCCCCOC(N)=O)C(C)(C)C)cc1. The van der Waals surface area contributed by atoms with Crippen molar-refractivity contribution in [3.05, 3.63) is 41.0 Å². The third kappa shape index (κ3) is 10.8. The van der Waals surface area contributed by atoms with Crippen LogP contribution in [0.5, 0.6) is 0 Å². The first-order chi connectivity index (χ1) is 21.3. The van der Waals surface area contributed by atoms with Crippen molar-refractivity contribution in [1.29, 1.82) is 0 Å². The molecule has 1 aromatic carbocycles. The Morgan fingerprint density at radius 2 is 1.71 bits per heavy atom. The third-order valence-corrected chi connectivity index (χ3v) is 9.08. The van der Waals surface area contributed by atoms with Gasteiger partial charge in [0, 0.05) is 19.4 Å². The quantitative estimate of drug-likeness (QED) is 0.206. The van der Waals surface area contributed by atoms with Gasteiger partial charge in [-0.2, -0.15) is 0 Å². The fourth-order valence-electron chi connectivity index (χ4n) is 5.52. The summed E-state index contributed by atoms with van der Waals surface area (Å²) in [4.78, 5) is 57.6. The number of unbranched alkanes of at least 4 members (excludes halogenated alkanes) is 5. The van der Waals surface area contributed by atoms with Crippen molar-refractivity contribution in [2.75, 3.05) is 13.2 Å². The largest absolute Gasteiger partial charge is 0.450 e. The lowest BCUT2D eigenvalue weighted by molar-refractivity contribution is -0.144. The third-order valence-electron chi connectivity index (χ3n) is 8.10. The Labute approximate surface area is 270 Å². The maximum absolute atomic E-state index is 13.8. The highest BCUT2D eigenvalue weighted by Gasteiger charge is 2.44. The van der Waals surface area contributed by atoms with E-state index in [0.29, 0.717) is 13.0 Å². The minimum Gasteiger partial charge on any atom is -0.450 e. The average Bonchev–Trinajstić information content (AvgIpc) is 3.59. The number of benzene rings is 1. The first-order valence-corrected chi connectivity index (χ1v) is 16.7. The monoisotopic (exact) mass is 643 g/mol. The number of thiazole rings is 1. The molecule has 0 bridgehead atoms. The number of aryl methyl sites for hydroxylation is 1. The normalized spacial score (nSPS) is 17.9. The van der Waals surface area contributed by atoms with E-state index in [1.54, 1.807) is 11.3 Å². The summed E-state index contributed by atoms with van der Waals surface area (Å²) in [5.74, 6) is -0.929. The van der Waals surface area contributed by atoms with Crippen LogP contribution in [-0.2, 0) is 19.1 Å². The van der Waals surface area contributed by atoms with Gasteiger partial charge in [-0.1, -0.05) is 70.7 Å². The molecule has 5 N–H and O–H groups in total. The van der Waals surface area contributed by atoms with Crippen LogP contribution in [0.3, 0.4) is 0 Å². The Bertz CT molecular complexity index is 1290. The molecule has 0 aliphatic carbocycles. The molecule has 0 saturated carbocycles. The van der Waals surface area contributed by atoms with E-state index in [1.165, 1.54) is 4.90 Å². The first-order valence-electron chi connectivity index (χ1n) is 15.8. The molecule has 3 rings (SSSR count). The highest BCUT2D eigenvalue weighted by molar-refractivity contribution is 7.13. The Morgan fingerprint density at radius 1 is 1.07 bits per heavy atom. The van der Waals surface area contributed by atoms with Crippen molar-refractivity contribution in [3.8, 4) is 10.4 Å². The van der Waals surface area contributed by atoms with Crippen LogP contribution in [-0.4, -0.2) is 70.1 Å². The molecular weight excluding hydrogens is 594 g/mol. The van der Waals surface area contributed by atoms with Crippen molar-refractivity contribution in [3.63, 3.8) is 0 Å². The second-order valence-electron chi connectivity index (χ2n) is 12.9. The highest BCUT2D eigenvalue weighted by Crippen LogP contribution is 2.29. The van der Waals surface area contributed by atoms with Gasteiger partial charge < -0.3 is 31.1 Å². The number of aromatic nitrogens is 1. The zero-order chi connectivity index (χ0) is 33.1. The summed E-state index contributed by atoms with van der Waals surface area (Å²) in [7, 11) is 0. The molecular formula is C33H49N5O6S. The highest BCUT2D eigenvalue weighted by atomic mass is 32.1. The van der Waals surface area contributed by atoms with Gasteiger partial charge in [-0.05, 0) is 43.2 Å². The van der Waals surface area contributed by atoms with Gasteiger partial charge in [0.2, 0.25) is 17.7 Å². The minimum absolute atomic E-state index is 0.0289. The molecule has 1 aliphatic rings. The number of primary amides is 1. The van der Waals surface area contributed by atoms with Gasteiger partial charge in [-0.15, -0.1) is 11.3 Å². The van der Waals surface area contributed by atoms with Crippen molar-refractivity contribution < 1.29 is 29.0 Å². The predicted molar refractivity (Wildman–Crippen MR) is 174 cm³/mol. The van der Waals surface area contributed by atoms with E-state index < -0.39 is 29.7 Å². The summed E-state index contributed by atoms with van der Waals surface area (Å²) in [6.07, 6.45) is 3.95. The van der Waals surface area contributed by atoms with Crippen LogP contribution in [0.2, 0.25) is 0 Å². The molecule has 1 fully saturated rings. The zero-order valence-electron chi connectivity index (χ0n) is 27.1. The number of nitrogens with zero attached hydrogens (tertiary/aromatic N) is 2. The second kappa shape index (κ2) is 16.7. The smallest absolute Gasteiger partial charge is 0.404 e. The van der Waals surface area contributed by atoms with Crippen LogP contribution in [0, 0.1) is 12.3 Å². The number of β-amino-alcohol motifs (C(OH)–C–C–N with tert-alkyl or cyclic N) is 1. The average molecular weight is 644 g/mol. The molecule has 248 valence electrons. The standard InChI is InChI=1S/C33H49N5O6S/c1-21(23-13-15-24(16-14-23)28-22(2)35-20-45-28)36-30(41)26-18-25(39)19-38(26)31(42)29(33(3,4)5)37-27(40)12-10-8-6-7-9-11-17-44-32(34)43/h13-16,20-21,25-26,29,39H,6-12,17-19H2,1-5H3,(H2,34,43)(H,36,41)(H,37,40)/t21-,25+,26-,29?/m0/s1. The number of aliphatic hydroxyl groups is 1. The molecule has 45 heavy (non-hydrogen) atoms. The van der Waals surface area contributed by atoms with Crippen molar-refractivity contribution >= 4 is 35.2 Å². The lowest BCUT2D eigenvalue weighted by Crippen LogP contribution is -2.57. The number of hydrogen-bond donors (Lipinski definition) is 4. The molecule has 1 saturated heterocycles. The number of carbonyl (C=O) groups excluding carboxylic acids is 4. The van der Waals surface area contributed by atoms with Gasteiger partial charge in [0.15, 0.2) is 0 Å². The summed E-state index contributed by atoms with van der Waals surface area (Å²) in [5.41, 5.74) is 9.11. The van der Waals surface area contributed by atoms with Gasteiger partial charge in [-0.3, -0.25) is 14.4 Å². The topological polar surface area (TPSA) is 164 Å². The molecule has 2 heterocycles. The summed E-state index contributed by atoms with van der Waals surface area (Å²) in [6.45, 7) is 9.83. The molecule has 1 unspecified atom stereocenters. The van der Waals surface area contributed by atoms with E-state index >= 15 is 0 Å². The number of amides is 4. The maximum atomic E-state index is 13.8. The Hall–Kier alpha value is -3.51. The number of nitrogens with one attached hydrogen (secondary N) is 2. The lowest BCUT2D eigenvalue weighted by atomic mass is 9.85. The van der Waals surface area contributed by atoms with E-state index in [9.17, 15) is 24.3 Å². The summed E-state index contributed by atoms with van der Waals surface area (Å²) >= 11 is 1.58. The van der Waals surface area contributed by atoms with Crippen molar-refractivity contribution in [1.82, 2.24) is 20.5 Å². The van der Waals surface area contributed by atoms with Crippen LogP contribution in [0.4, 0.5) is 4.79 Å². The lowest BCUT2D eigenvalue weighted by Gasteiger charge is -2.35. The van der Waals surface area contributed by atoms with Gasteiger partial charge in [0.1, 0.15) is 12.1 Å². The van der Waals surface area contributed by atoms with Gasteiger partial charge >= 0.3 is 6.09 Å². The van der Waals surface area contributed by atoms with Crippen LogP contribution in [0.1, 0.15) is 96.4 Å². The summed E-state index contributed by atoms with van der Waals surface area (Å²) in [6, 6.07) is 5.95. The maximum Gasteiger partial charge on any atom is 0.404 e. The predicted octanol–water partition coefficient (Wildman–Crippen LogP) is 4.61. The van der Waals surface area contributed by atoms with Crippen molar-refractivity contribution in [2.24, 2.45) is 11.1 Å². The van der Waals surface area contributed by atoms with E-state index in [0.717, 1.165) is 53.8 Å². The van der Waals surface area contributed by atoms with E-state index in [2.05, 4.69) is 15.6 Å². The fourth-order valence-corrected chi connectivity index (χ4v) is 6.33. The number of carbonyl (C=O) groups is 4. The Kier molecular flexibility index (Phi) is 13.3. The molecule has 0 spiro atoms. The van der Waals surface area contributed by atoms with Crippen LogP contribution in [0.25, 0.3) is 10.4 Å². The Morgan fingerprint density at radius 3 is 2.31 bits per heavy atom. The number of aliphatic hydroxyl groups excluding tert-OH is 1. The van der Waals surface area contributed by atoms with Gasteiger partial charge in [0.05, 0.1) is 34.8 Å². The molecule has 2 aromatic rings. The molecule has 1 aliphatic heterocycles. The van der Waals surface area contributed by atoms with E-state index in [1.807, 2.05) is 64.4 Å². The minimum atomic E-state index is -0.851. The summed E-state index contributed by atoms with van der Waals surface area (Å²) in [5, 5.41) is 16.4. The van der Waals surface area contributed by atoms with Crippen LogP contribution in [0.15, 0.2) is 29.8 Å². The van der Waals surface area contributed by atoms with Crippen molar-refractivity contribution in [2.45, 2.75) is 110 Å². The second-order valence-corrected chi connectivity index (χ2v) is 13.8. The molecule has 12 heteroatoms. The van der Waals surface area contributed by atoms with Gasteiger partial charge in [0.25, 0.3) is 0 Å². The first kappa shape index (κ1) is 36.0. The molecule has 0 radical (unpaired) electrons. The van der Waals surface area contributed by atoms with E-state index in [-0.39, 0.29) is 43.1 Å². The molecule has 4 amide bonds. The van der Waals surface area contributed by atoms with Crippen LogP contribution < -0.4 is 16.4 Å². The zero-order valence-corrected chi connectivity index (χ0v) is 28.0. The summed E-state index contributed by atoms with van der Waals surface area (Å²) < 4.78 is 4.72. The van der Waals surface area contributed by atoms with E-state index in [4.69, 9.17) is 10.5 Å². The number of ether oxygens (including phenoxy) is 1. The molecule has 11 nitrogen and oxygen atoms in total. The molecule has 4 atom stereocenters. The number of rotatable bonds is 15. The fraction of sp³-hybridized carbons (Fsp3) is 0.606. The van der Waals surface area contributed by atoms with Crippen LogP contribution >= 0.6 is 11.3 Å². The van der Waals surface area contributed by atoms with Gasteiger partial charge in [-0.25, -0.2) is 9.78 Å². The number of nitrogens with two attached hydrogens (primary N) is 1. The number of hydrogen-bond acceptors (Lipinski definition) is 8.